The third kappa shape index (κ3) is 3.77. The van der Waals surface area contributed by atoms with Gasteiger partial charge in [0.15, 0.2) is 0 Å². The first kappa shape index (κ1) is 18.4. The largest absolute Gasteiger partial charge is 0.279 e. The van der Waals surface area contributed by atoms with E-state index in [1.165, 1.54) is 18.2 Å². The number of anilines is 1. The number of sulfonamides is 2. The summed E-state index contributed by atoms with van der Waals surface area (Å²) in [5.74, 6) is 0. The van der Waals surface area contributed by atoms with E-state index in [9.17, 15) is 16.8 Å². The van der Waals surface area contributed by atoms with E-state index in [1.807, 2.05) is 6.92 Å². The van der Waals surface area contributed by atoms with Gasteiger partial charge in [0.05, 0.1) is 15.5 Å². The van der Waals surface area contributed by atoms with Gasteiger partial charge in [-0.2, -0.15) is 0 Å². The van der Waals surface area contributed by atoms with Crippen molar-refractivity contribution in [3.05, 3.63) is 52.6 Å². The maximum absolute atomic E-state index is 12.7. The van der Waals surface area contributed by atoms with Gasteiger partial charge in [0, 0.05) is 0 Å². The summed E-state index contributed by atoms with van der Waals surface area (Å²) in [6.07, 6.45) is 0. The molecule has 0 fully saturated rings. The lowest BCUT2D eigenvalue weighted by atomic mass is 10.1. The van der Waals surface area contributed by atoms with Gasteiger partial charge in [-0.05, 0) is 62.6 Å². The van der Waals surface area contributed by atoms with Crippen LogP contribution in [0.4, 0.5) is 5.69 Å². The van der Waals surface area contributed by atoms with Crippen molar-refractivity contribution in [3.8, 4) is 0 Å². The van der Waals surface area contributed by atoms with E-state index in [0.717, 1.165) is 5.56 Å². The van der Waals surface area contributed by atoms with E-state index in [4.69, 9.17) is 5.14 Å². The van der Waals surface area contributed by atoms with Crippen LogP contribution in [0.1, 0.15) is 22.3 Å². The molecule has 2 rings (SSSR count). The third-order valence-corrected chi connectivity index (χ3v) is 6.25. The van der Waals surface area contributed by atoms with Crippen molar-refractivity contribution < 1.29 is 16.8 Å². The second kappa shape index (κ2) is 6.19. The van der Waals surface area contributed by atoms with Gasteiger partial charge in [-0.3, -0.25) is 4.72 Å². The summed E-state index contributed by atoms with van der Waals surface area (Å²) < 4.78 is 51.0. The molecular formula is C16H20N2O4S2. The van der Waals surface area contributed by atoms with E-state index in [2.05, 4.69) is 4.72 Å². The third-order valence-electron chi connectivity index (χ3n) is 3.83. The zero-order valence-corrected chi connectivity index (χ0v) is 15.5. The van der Waals surface area contributed by atoms with Gasteiger partial charge in [0.25, 0.3) is 10.0 Å². The van der Waals surface area contributed by atoms with Crippen molar-refractivity contribution in [2.75, 3.05) is 4.72 Å². The van der Waals surface area contributed by atoms with Crippen molar-refractivity contribution in [1.29, 1.82) is 0 Å². The standard InChI is InChI=1S/C16H20N2O4S2/c1-10-5-6-16(12(3)7-10)24(21,22)18-15-9-14(23(17,19)20)8-11(2)13(15)4/h5-9,18H,1-4H3,(H2,17,19,20). The molecule has 0 saturated carbocycles. The number of nitrogens with one attached hydrogen (secondary N) is 1. The lowest BCUT2D eigenvalue weighted by Crippen LogP contribution is -2.17. The lowest BCUT2D eigenvalue weighted by Gasteiger charge is -2.15. The summed E-state index contributed by atoms with van der Waals surface area (Å²) in [7, 11) is -7.78. The molecule has 0 unspecified atom stereocenters. The molecule has 24 heavy (non-hydrogen) atoms. The Morgan fingerprint density at radius 2 is 1.50 bits per heavy atom. The summed E-state index contributed by atoms with van der Waals surface area (Å²) in [5, 5.41) is 5.16. The maximum atomic E-state index is 12.7. The Labute approximate surface area is 142 Å². The molecule has 0 saturated heterocycles. The molecule has 0 aromatic heterocycles. The summed E-state index contributed by atoms with van der Waals surface area (Å²) in [5.41, 5.74) is 3.02. The molecule has 0 spiro atoms. The minimum atomic E-state index is -3.93. The maximum Gasteiger partial charge on any atom is 0.262 e. The summed E-state index contributed by atoms with van der Waals surface area (Å²) in [6.45, 7) is 6.99. The van der Waals surface area contributed by atoms with Gasteiger partial charge < -0.3 is 0 Å². The van der Waals surface area contributed by atoms with Crippen molar-refractivity contribution in [2.45, 2.75) is 37.5 Å². The fourth-order valence-corrected chi connectivity index (χ4v) is 4.36. The molecule has 0 amide bonds. The molecule has 0 aliphatic carbocycles. The lowest BCUT2D eigenvalue weighted by molar-refractivity contribution is 0.596. The molecule has 2 aromatic carbocycles. The van der Waals surface area contributed by atoms with Crippen molar-refractivity contribution in [3.63, 3.8) is 0 Å². The summed E-state index contributed by atoms with van der Waals surface area (Å²) >= 11 is 0. The molecule has 8 heteroatoms. The van der Waals surface area contributed by atoms with Crippen molar-refractivity contribution in [1.82, 2.24) is 0 Å². The molecule has 0 aliphatic rings. The van der Waals surface area contributed by atoms with Crippen LogP contribution >= 0.6 is 0 Å². The van der Waals surface area contributed by atoms with E-state index in [0.29, 0.717) is 16.7 Å². The number of primary sulfonamides is 1. The Kier molecular flexibility index (Phi) is 4.76. The molecule has 0 aliphatic heterocycles. The number of nitrogens with two attached hydrogens (primary N) is 1. The molecule has 6 nitrogen and oxygen atoms in total. The molecular weight excluding hydrogens is 348 g/mol. The van der Waals surface area contributed by atoms with E-state index < -0.39 is 20.0 Å². The monoisotopic (exact) mass is 368 g/mol. The Morgan fingerprint density at radius 3 is 2.04 bits per heavy atom. The molecule has 0 radical (unpaired) electrons. The average Bonchev–Trinajstić information content (AvgIpc) is 2.41. The van der Waals surface area contributed by atoms with Crippen LogP contribution in [0.5, 0.6) is 0 Å². The smallest absolute Gasteiger partial charge is 0.262 e. The van der Waals surface area contributed by atoms with Gasteiger partial charge in [0.2, 0.25) is 10.0 Å². The minimum absolute atomic E-state index is 0.135. The van der Waals surface area contributed by atoms with E-state index in [-0.39, 0.29) is 15.5 Å². The van der Waals surface area contributed by atoms with Gasteiger partial charge in [0.1, 0.15) is 0 Å². The fraction of sp³-hybridized carbons (Fsp3) is 0.250. The SMILES string of the molecule is Cc1ccc(S(=O)(=O)Nc2cc(S(N)(=O)=O)cc(C)c2C)c(C)c1. The Hall–Kier alpha value is -1.90. The normalized spacial score (nSPS) is 12.2. The summed E-state index contributed by atoms with van der Waals surface area (Å²) in [4.78, 5) is 0.00934. The Balaban J connectivity index is 2.56. The van der Waals surface area contributed by atoms with Gasteiger partial charge in [-0.1, -0.05) is 17.7 Å². The zero-order valence-electron chi connectivity index (χ0n) is 13.9. The highest BCUT2D eigenvalue weighted by Gasteiger charge is 2.20. The van der Waals surface area contributed by atoms with Crippen LogP contribution in [-0.2, 0) is 20.0 Å². The van der Waals surface area contributed by atoms with Crippen LogP contribution in [0.25, 0.3) is 0 Å². The number of aryl methyl sites for hydroxylation is 3. The first-order chi connectivity index (χ1) is 10.9. The summed E-state index contributed by atoms with van der Waals surface area (Å²) in [6, 6.07) is 7.66. The highest BCUT2D eigenvalue weighted by molar-refractivity contribution is 7.92. The Morgan fingerprint density at radius 1 is 0.875 bits per heavy atom. The molecule has 3 N–H and O–H groups in total. The van der Waals surface area contributed by atoms with Crippen LogP contribution in [-0.4, -0.2) is 16.8 Å². The van der Waals surface area contributed by atoms with Gasteiger partial charge in [-0.15, -0.1) is 0 Å². The predicted octanol–water partition coefficient (Wildman–Crippen LogP) is 2.37. The van der Waals surface area contributed by atoms with Crippen molar-refractivity contribution >= 4 is 25.7 Å². The minimum Gasteiger partial charge on any atom is -0.279 e. The highest BCUT2D eigenvalue weighted by Crippen LogP contribution is 2.27. The van der Waals surface area contributed by atoms with Crippen LogP contribution in [0, 0.1) is 27.7 Å². The number of benzene rings is 2. The second-order valence-electron chi connectivity index (χ2n) is 5.83. The van der Waals surface area contributed by atoms with E-state index >= 15 is 0 Å². The molecule has 0 bridgehead atoms. The molecule has 130 valence electrons. The van der Waals surface area contributed by atoms with Crippen LogP contribution in [0.15, 0.2) is 40.1 Å². The van der Waals surface area contributed by atoms with Crippen LogP contribution in [0.3, 0.4) is 0 Å². The highest BCUT2D eigenvalue weighted by atomic mass is 32.2. The molecule has 2 aromatic rings. The number of hydrogen-bond acceptors (Lipinski definition) is 4. The van der Waals surface area contributed by atoms with E-state index in [1.54, 1.807) is 32.9 Å². The first-order valence-corrected chi connectivity index (χ1v) is 10.2. The number of hydrogen-bond donors (Lipinski definition) is 2. The van der Waals surface area contributed by atoms with Crippen LogP contribution < -0.4 is 9.86 Å². The Bertz CT molecular complexity index is 1010. The second-order valence-corrected chi connectivity index (χ2v) is 9.04. The first-order valence-electron chi connectivity index (χ1n) is 7.16. The van der Waals surface area contributed by atoms with Crippen molar-refractivity contribution in [2.24, 2.45) is 5.14 Å². The number of rotatable bonds is 4. The topological polar surface area (TPSA) is 106 Å². The molecule has 0 heterocycles. The predicted molar refractivity (Wildman–Crippen MR) is 94.0 cm³/mol. The van der Waals surface area contributed by atoms with Gasteiger partial charge in [-0.25, -0.2) is 22.0 Å². The molecule has 0 atom stereocenters. The zero-order chi connectivity index (χ0) is 18.3. The van der Waals surface area contributed by atoms with Gasteiger partial charge >= 0.3 is 0 Å². The quantitative estimate of drug-likeness (QED) is 0.864. The fourth-order valence-electron chi connectivity index (χ4n) is 2.40. The van der Waals surface area contributed by atoms with Crippen LogP contribution in [0.2, 0.25) is 0 Å². The average molecular weight is 368 g/mol.